The summed E-state index contributed by atoms with van der Waals surface area (Å²) in [5.41, 5.74) is 0. The minimum absolute atomic E-state index is 0.111. The van der Waals surface area contributed by atoms with E-state index >= 15 is 0 Å². The third-order valence-corrected chi connectivity index (χ3v) is 4.01. The van der Waals surface area contributed by atoms with Crippen molar-refractivity contribution in [3.8, 4) is 0 Å². The number of thioether (sulfide) groups is 2. The van der Waals surface area contributed by atoms with Gasteiger partial charge in [0.2, 0.25) is 11.8 Å². The Morgan fingerprint density at radius 2 is 1.75 bits per heavy atom. The highest BCUT2D eigenvalue weighted by Gasteiger charge is 2.26. The van der Waals surface area contributed by atoms with Crippen molar-refractivity contribution in [1.82, 2.24) is 20.4 Å². The van der Waals surface area contributed by atoms with Crippen molar-refractivity contribution in [3.05, 3.63) is 11.8 Å². The zero-order chi connectivity index (χ0) is 17.5. The number of aromatic nitrogens is 4. The Morgan fingerprint density at radius 1 is 1.08 bits per heavy atom. The summed E-state index contributed by atoms with van der Waals surface area (Å²) in [4.78, 5) is 12.1. The van der Waals surface area contributed by atoms with Gasteiger partial charge in [-0.2, -0.15) is 0 Å². The molecule has 0 aliphatic heterocycles. The number of ether oxygens (including phenoxy) is 1. The lowest BCUT2D eigenvalue weighted by atomic mass is 10.0. The maximum absolute atomic E-state index is 12.1. The summed E-state index contributed by atoms with van der Waals surface area (Å²) in [5.74, 6) is 0.379. The van der Waals surface area contributed by atoms with Gasteiger partial charge in [-0.05, 0) is 18.4 Å². The number of hydrogen-bond acceptors (Lipinski definition) is 10. The van der Waals surface area contributed by atoms with Gasteiger partial charge in [-0.25, -0.2) is 0 Å². The second-order valence-corrected chi connectivity index (χ2v) is 6.97. The second kappa shape index (κ2) is 9.07. The number of carbonyl (C=O) groups is 1. The number of carbonyl (C=O) groups excluding carboxylic acids is 1. The van der Waals surface area contributed by atoms with Crippen molar-refractivity contribution < 1.29 is 18.4 Å². The van der Waals surface area contributed by atoms with E-state index in [0.717, 1.165) is 0 Å². The monoisotopic (exact) mass is 372 g/mol. The molecule has 0 aliphatic rings. The van der Waals surface area contributed by atoms with Crippen molar-refractivity contribution in [3.63, 3.8) is 0 Å². The van der Waals surface area contributed by atoms with Crippen LogP contribution in [0.4, 0.5) is 0 Å². The van der Waals surface area contributed by atoms with Crippen LogP contribution in [0.1, 0.15) is 38.0 Å². The fourth-order valence-corrected chi connectivity index (χ4v) is 2.44. The molecule has 0 aromatic carbocycles. The maximum atomic E-state index is 12.1. The zero-order valence-electron chi connectivity index (χ0n) is 14.0. The minimum atomic E-state index is -0.367. The highest BCUT2D eigenvalue weighted by molar-refractivity contribution is 7.98. The molecular formula is C14H20N4O4S2. The Labute approximate surface area is 148 Å². The molecule has 2 aromatic heterocycles. The Hall–Kier alpha value is -1.55. The molecule has 10 heteroatoms. The molecule has 0 bridgehead atoms. The van der Waals surface area contributed by atoms with E-state index in [1.54, 1.807) is 0 Å². The maximum Gasteiger partial charge on any atom is 0.306 e. The SMILES string of the molecule is CSc1nnc(CC(CC(=O)OCC(C)C)c2nnc(SC)o2)o1. The molecule has 0 aliphatic carbocycles. The molecule has 2 rings (SSSR count). The Balaban J connectivity index is 2.09. The molecule has 2 aromatic rings. The van der Waals surface area contributed by atoms with Crippen LogP contribution in [0.25, 0.3) is 0 Å². The predicted molar refractivity (Wildman–Crippen MR) is 89.0 cm³/mol. The zero-order valence-corrected chi connectivity index (χ0v) is 15.6. The fraction of sp³-hybridized carbons (Fsp3) is 0.643. The Bertz CT molecular complexity index is 659. The molecule has 24 heavy (non-hydrogen) atoms. The van der Waals surface area contributed by atoms with Crippen molar-refractivity contribution in [2.45, 2.75) is 43.1 Å². The van der Waals surface area contributed by atoms with Gasteiger partial charge in [-0.15, -0.1) is 20.4 Å². The second-order valence-electron chi connectivity index (χ2n) is 5.46. The molecule has 0 amide bonds. The lowest BCUT2D eigenvalue weighted by Crippen LogP contribution is -2.15. The quantitative estimate of drug-likeness (QED) is 0.482. The van der Waals surface area contributed by atoms with Crippen LogP contribution in [0.2, 0.25) is 0 Å². The molecule has 8 nitrogen and oxygen atoms in total. The number of esters is 1. The van der Waals surface area contributed by atoms with Gasteiger partial charge in [0.15, 0.2) is 0 Å². The van der Waals surface area contributed by atoms with Gasteiger partial charge in [-0.3, -0.25) is 4.79 Å². The Morgan fingerprint density at radius 3 is 2.33 bits per heavy atom. The molecule has 0 spiro atoms. The fourth-order valence-electron chi connectivity index (χ4n) is 1.85. The summed E-state index contributed by atoms with van der Waals surface area (Å²) in [6, 6.07) is 0. The molecule has 1 atom stereocenters. The highest BCUT2D eigenvalue weighted by atomic mass is 32.2. The van der Waals surface area contributed by atoms with E-state index in [1.807, 2.05) is 26.4 Å². The lowest BCUT2D eigenvalue weighted by molar-refractivity contribution is -0.145. The van der Waals surface area contributed by atoms with E-state index in [1.165, 1.54) is 23.5 Å². The summed E-state index contributed by atoms with van der Waals surface area (Å²) in [6.07, 6.45) is 4.13. The molecule has 0 radical (unpaired) electrons. The first-order valence-electron chi connectivity index (χ1n) is 7.41. The summed E-state index contributed by atoms with van der Waals surface area (Å²) in [6.45, 7) is 4.34. The molecule has 0 saturated heterocycles. The number of hydrogen-bond donors (Lipinski definition) is 0. The predicted octanol–water partition coefficient (Wildman–Crippen LogP) is 2.81. The molecule has 2 heterocycles. The average molecular weight is 372 g/mol. The van der Waals surface area contributed by atoms with Crippen LogP contribution in [0.15, 0.2) is 19.3 Å². The number of nitrogens with zero attached hydrogens (tertiary/aromatic N) is 4. The summed E-state index contributed by atoms with van der Waals surface area (Å²) < 4.78 is 16.3. The van der Waals surface area contributed by atoms with E-state index in [4.69, 9.17) is 13.6 Å². The molecule has 132 valence electrons. The molecule has 1 unspecified atom stereocenters. The average Bonchev–Trinajstić information content (AvgIpc) is 3.21. The van der Waals surface area contributed by atoms with Gasteiger partial charge < -0.3 is 13.6 Å². The van der Waals surface area contributed by atoms with Gasteiger partial charge in [0, 0.05) is 6.42 Å². The summed E-state index contributed by atoms with van der Waals surface area (Å²) in [5, 5.41) is 16.7. The Kier molecular flexibility index (Phi) is 7.10. The molecule has 0 N–H and O–H groups in total. The van der Waals surface area contributed by atoms with E-state index < -0.39 is 0 Å². The van der Waals surface area contributed by atoms with Crippen molar-refractivity contribution in [2.75, 3.05) is 19.1 Å². The van der Waals surface area contributed by atoms with Crippen LogP contribution in [0, 0.1) is 5.92 Å². The van der Waals surface area contributed by atoms with Gasteiger partial charge in [0.1, 0.15) is 0 Å². The molecular weight excluding hydrogens is 352 g/mol. The van der Waals surface area contributed by atoms with Crippen molar-refractivity contribution >= 4 is 29.5 Å². The topological polar surface area (TPSA) is 104 Å². The van der Waals surface area contributed by atoms with Crippen LogP contribution >= 0.6 is 23.5 Å². The highest BCUT2D eigenvalue weighted by Crippen LogP contribution is 2.26. The number of rotatable bonds is 9. The van der Waals surface area contributed by atoms with Crippen molar-refractivity contribution in [1.29, 1.82) is 0 Å². The van der Waals surface area contributed by atoms with Crippen LogP contribution in [0.5, 0.6) is 0 Å². The first-order chi connectivity index (χ1) is 11.5. The van der Waals surface area contributed by atoms with Crippen molar-refractivity contribution in [2.24, 2.45) is 5.92 Å². The van der Waals surface area contributed by atoms with Gasteiger partial charge in [-0.1, -0.05) is 37.4 Å². The van der Waals surface area contributed by atoms with E-state index in [9.17, 15) is 4.79 Å². The van der Waals surface area contributed by atoms with Crippen LogP contribution in [-0.4, -0.2) is 45.5 Å². The summed E-state index contributed by atoms with van der Waals surface area (Å²) >= 11 is 2.70. The third-order valence-electron chi connectivity index (χ3n) is 2.98. The van der Waals surface area contributed by atoms with Crippen LogP contribution in [-0.2, 0) is 16.0 Å². The van der Waals surface area contributed by atoms with Crippen LogP contribution < -0.4 is 0 Å². The summed E-state index contributed by atoms with van der Waals surface area (Å²) in [7, 11) is 0. The molecule has 0 saturated carbocycles. The largest absolute Gasteiger partial charge is 0.465 e. The normalized spacial score (nSPS) is 12.5. The lowest BCUT2D eigenvalue weighted by Gasteiger charge is -2.11. The third kappa shape index (κ3) is 5.52. The van der Waals surface area contributed by atoms with Gasteiger partial charge >= 0.3 is 5.97 Å². The van der Waals surface area contributed by atoms with E-state index in [-0.39, 0.29) is 24.2 Å². The minimum Gasteiger partial charge on any atom is -0.465 e. The first kappa shape index (κ1) is 18.8. The van der Waals surface area contributed by atoms with Crippen LogP contribution in [0.3, 0.4) is 0 Å². The van der Waals surface area contributed by atoms with Gasteiger partial charge in [0.05, 0.1) is 18.9 Å². The van der Waals surface area contributed by atoms with E-state index in [0.29, 0.717) is 35.3 Å². The first-order valence-corrected chi connectivity index (χ1v) is 9.86. The molecule has 0 fully saturated rings. The van der Waals surface area contributed by atoms with Gasteiger partial charge in [0.25, 0.3) is 10.4 Å². The standard InChI is InChI=1S/C14H20N4O4S2/c1-8(2)7-20-11(19)6-9(12-16-18-14(22-12)24-4)5-10-15-17-13(21-10)23-3/h8-9H,5-7H2,1-4H3. The van der Waals surface area contributed by atoms with E-state index in [2.05, 4.69) is 20.4 Å². The smallest absolute Gasteiger partial charge is 0.306 e.